The molecule has 3 N–H and O–H groups in total. The zero-order valence-electron chi connectivity index (χ0n) is 11.0. The number of hydrogen-bond donors (Lipinski definition) is 2. The fourth-order valence-electron chi connectivity index (χ4n) is 1.84. The van der Waals surface area contributed by atoms with E-state index in [9.17, 15) is 4.79 Å². The second kappa shape index (κ2) is 6.76. The Morgan fingerprint density at radius 1 is 1.40 bits per heavy atom. The number of nitrogens with two attached hydrogens (primary N) is 1. The van der Waals surface area contributed by atoms with Crippen LogP contribution in [0.1, 0.15) is 15.2 Å². The number of ether oxygens (including phenoxy) is 1. The number of nitrogens with one attached hydrogen (secondary N) is 1. The van der Waals surface area contributed by atoms with E-state index in [1.807, 2.05) is 12.1 Å². The fourth-order valence-corrected chi connectivity index (χ4v) is 3.32. The number of para-hydroxylation sites is 1. The van der Waals surface area contributed by atoms with Crippen LogP contribution in [0, 0.1) is 0 Å². The summed E-state index contributed by atoms with van der Waals surface area (Å²) in [5.41, 5.74) is 6.70. The van der Waals surface area contributed by atoms with Crippen molar-refractivity contribution < 1.29 is 9.53 Å². The first-order valence-electron chi connectivity index (χ1n) is 6.06. The Morgan fingerprint density at radius 3 is 2.85 bits per heavy atom. The first kappa shape index (κ1) is 14.9. The number of methoxy groups -OCH3 is 1. The highest BCUT2D eigenvalue weighted by molar-refractivity contribution is 9.11. The van der Waals surface area contributed by atoms with Crippen LogP contribution in [0.3, 0.4) is 0 Å². The molecule has 1 amide bonds. The molecule has 0 bridgehead atoms. The van der Waals surface area contributed by atoms with E-state index in [2.05, 4.69) is 21.2 Å². The molecule has 20 heavy (non-hydrogen) atoms. The molecule has 0 aliphatic heterocycles. The normalized spacial score (nSPS) is 10.3. The van der Waals surface area contributed by atoms with Gasteiger partial charge in [-0.2, -0.15) is 0 Å². The molecule has 1 heterocycles. The molecule has 0 radical (unpaired) electrons. The summed E-state index contributed by atoms with van der Waals surface area (Å²) in [6, 6.07) is 9.19. The van der Waals surface area contributed by atoms with E-state index in [0.29, 0.717) is 23.5 Å². The molecule has 2 aromatic rings. The van der Waals surface area contributed by atoms with E-state index in [1.54, 1.807) is 29.5 Å². The first-order valence-corrected chi connectivity index (χ1v) is 7.67. The lowest BCUT2D eigenvalue weighted by atomic mass is 10.1. The van der Waals surface area contributed by atoms with Gasteiger partial charge in [0.05, 0.1) is 22.1 Å². The summed E-state index contributed by atoms with van der Waals surface area (Å²) in [4.78, 5) is 13.3. The van der Waals surface area contributed by atoms with Gasteiger partial charge in [-0.15, -0.1) is 11.3 Å². The van der Waals surface area contributed by atoms with Crippen molar-refractivity contribution >= 4 is 38.9 Å². The number of thiophene rings is 1. The molecule has 2 rings (SSSR count). The first-order chi connectivity index (χ1) is 9.61. The third-order valence-electron chi connectivity index (χ3n) is 2.78. The topological polar surface area (TPSA) is 64.3 Å². The SMILES string of the molecule is COc1c(N)cccc1C(=O)NCCc1ccc(Br)s1. The molecule has 0 saturated carbocycles. The Morgan fingerprint density at radius 2 is 2.20 bits per heavy atom. The van der Waals surface area contributed by atoms with Crippen LogP contribution in [0.2, 0.25) is 0 Å². The lowest BCUT2D eigenvalue weighted by molar-refractivity contribution is 0.0951. The predicted octanol–water partition coefficient (Wildman–Crippen LogP) is 3.07. The van der Waals surface area contributed by atoms with Crippen LogP contribution in [0.5, 0.6) is 5.75 Å². The number of anilines is 1. The van der Waals surface area contributed by atoms with Crippen molar-refractivity contribution in [3.8, 4) is 5.75 Å². The average molecular weight is 355 g/mol. The minimum absolute atomic E-state index is 0.176. The Kier molecular flexibility index (Phi) is 5.03. The van der Waals surface area contributed by atoms with Gasteiger partial charge < -0.3 is 15.8 Å². The molecule has 0 aliphatic rings. The van der Waals surface area contributed by atoms with Gasteiger partial charge in [0.15, 0.2) is 5.75 Å². The van der Waals surface area contributed by atoms with Crippen molar-refractivity contribution in [2.75, 3.05) is 19.4 Å². The summed E-state index contributed by atoms with van der Waals surface area (Å²) in [7, 11) is 1.51. The summed E-state index contributed by atoms with van der Waals surface area (Å²) in [5, 5.41) is 2.88. The minimum Gasteiger partial charge on any atom is -0.494 e. The van der Waals surface area contributed by atoms with E-state index in [1.165, 1.54) is 12.0 Å². The molecule has 0 saturated heterocycles. The zero-order valence-corrected chi connectivity index (χ0v) is 13.4. The molecule has 4 nitrogen and oxygen atoms in total. The summed E-state index contributed by atoms with van der Waals surface area (Å²) in [6.07, 6.45) is 0.798. The maximum atomic E-state index is 12.1. The lowest BCUT2D eigenvalue weighted by Gasteiger charge is -2.10. The van der Waals surface area contributed by atoms with Crippen LogP contribution in [0.4, 0.5) is 5.69 Å². The summed E-state index contributed by atoms with van der Waals surface area (Å²) >= 11 is 5.08. The largest absolute Gasteiger partial charge is 0.494 e. The van der Waals surface area contributed by atoms with Gasteiger partial charge in [-0.25, -0.2) is 0 Å². The quantitative estimate of drug-likeness (QED) is 0.811. The molecule has 0 atom stereocenters. The predicted molar refractivity (Wildman–Crippen MR) is 85.5 cm³/mol. The van der Waals surface area contributed by atoms with Gasteiger partial charge in [0.25, 0.3) is 5.91 Å². The number of rotatable bonds is 5. The maximum absolute atomic E-state index is 12.1. The Hall–Kier alpha value is -1.53. The van der Waals surface area contributed by atoms with E-state index >= 15 is 0 Å². The van der Waals surface area contributed by atoms with Crippen LogP contribution >= 0.6 is 27.3 Å². The van der Waals surface area contributed by atoms with Gasteiger partial charge in [0.1, 0.15) is 0 Å². The maximum Gasteiger partial charge on any atom is 0.255 e. The van der Waals surface area contributed by atoms with Gasteiger partial charge in [-0.3, -0.25) is 4.79 Å². The monoisotopic (exact) mass is 354 g/mol. The van der Waals surface area contributed by atoms with Crippen molar-refractivity contribution in [3.63, 3.8) is 0 Å². The van der Waals surface area contributed by atoms with Gasteiger partial charge in [0, 0.05) is 11.4 Å². The van der Waals surface area contributed by atoms with Crippen LogP contribution < -0.4 is 15.8 Å². The molecule has 0 aliphatic carbocycles. The number of benzene rings is 1. The highest BCUT2D eigenvalue weighted by atomic mass is 79.9. The molecule has 1 aromatic heterocycles. The minimum atomic E-state index is -0.176. The Labute approximate surface area is 130 Å². The highest BCUT2D eigenvalue weighted by Gasteiger charge is 2.13. The van der Waals surface area contributed by atoms with Crippen molar-refractivity contribution in [1.82, 2.24) is 5.32 Å². The molecular formula is C14H15BrN2O2S. The molecule has 0 unspecified atom stereocenters. The number of carbonyl (C=O) groups is 1. The van der Waals surface area contributed by atoms with Crippen LogP contribution in [0.15, 0.2) is 34.1 Å². The van der Waals surface area contributed by atoms with Crippen molar-refractivity contribution in [2.24, 2.45) is 0 Å². The van der Waals surface area contributed by atoms with E-state index < -0.39 is 0 Å². The van der Waals surface area contributed by atoms with Gasteiger partial charge in [-0.05, 0) is 46.6 Å². The van der Waals surface area contributed by atoms with Crippen molar-refractivity contribution in [2.45, 2.75) is 6.42 Å². The number of hydrogen-bond acceptors (Lipinski definition) is 4. The average Bonchev–Trinajstić information content (AvgIpc) is 2.84. The summed E-state index contributed by atoms with van der Waals surface area (Å²) in [6.45, 7) is 0.573. The van der Waals surface area contributed by atoms with Crippen molar-refractivity contribution in [3.05, 3.63) is 44.6 Å². The molecule has 0 fully saturated rings. The zero-order chi connectivity index (χ0) is 14.5. The summed E-state index contributed by atoms with van der Waals surface area (Å²) < 4.78 is 6.27. The van der Waals surface area contributed by atoms with Crippen LogP contribution in [0.25, 0.3) is 0 Å². The molecule has 0 spiro atoms. The van der Waals surface area contributed by atoms with E-state index in [-0.39, 0.29) is 5.91 Å². The third kappa shape index (κ3) is 3.52. The Balaban J connectivity index is 1.97. The van der Waals surface area contributed by atoms with Gasteiger partial charge in [-0.1, -0.05) is 6.07 Å². The number of amides is 1. The number of halogens is 1. The van der Waals surface area contributed by atoms with Gasteiger partial charge >= 0.3 is 0 Å². The van der Waals surface area contributed by atoms with Crippen molar-refractivity contribution in [1.29, 1.82) is 0 Å². The third-order valence-corrected chi connectivity index (χ3v) is 4.46. The standard InChI is InChI=1S/C14H15BrN2O2S/c1-19-13-10(3-2-4-11(13)16)14(18)17-8-7-9-5-6-12(15)20-9/h2-6H,7-8,16H2,1H3,(H,17,18). The summed E-state index contributed by atoms with van der Waals surface area (Å²) in [5.74, 6) is 0.244. The molecule has 1 aromatic carbocycles. The number of nitrogen functional groups attached to an aromatic ring is 1. The fraction of sp³-hybridized carbons (Fsp3) is 0.214. The molecular weight excluding hydrogens is 340 g/mol. The highest BCUT2D eigenvalue weighted by Crippen LogP contribution is 2.26. The van der Waals surface area contributed by atoms with E-state index in [4.69, 9.17) is 10.5 Å². The molecule has 6 heteroatoms. The smallest absolute Gasteiger partial charge is 0.255 e. The number of carbonyl (C=O) groups excluding carboxylic acids is 1. The van der Waals surface area contributed by atoms with Crippen LogP contribution in [-0.4, -0.2) is 19.6 Å². The second-order valence-corrected chi connectivity index (χ2v) is 6.69. The van der Waals surface area contributed by atoms with Gasteiger partial charge in [0.2, 0.25) is 0 Å². The second-order valence-electron chi connectivity index (χ2n) is 4.14. The van der Waals surface area contributed by atoms with E-state index in [0.717, 1.165) is 10.2 Å². The van der Waals surface area contributed by atoms with Crippen LogP contribution in [-0.2, 0) is 6.42 Å². The lowest BCUT2D eigenvalue weighted by Crippen LogP contribution is -2.26. The molecule has 106 valence electrons. The Bertz CT molecular complexity index is 613.